The Balaban J connectivity index is 2.51. The van der Waals surface area contributed by atoms with Crippen molar-refractivity contribution in [2.24, 2.45) is 0 Å². The molecule has 0 radical (unpaired) electrons. The maximum Gasteiger partial charge on any atom is 0.326 e. The van der Waals surface area contributed by atoms with Gasteiger partial charge in [-0.2, -0.15) is 11.8 Å². The van der Waals surface area contributed by atoms with Crippen LogP contribution in [0.2, 0.25) is 0 Å². The molecule has 0 aliphatic heterocycles. The number of nitrogens with one attached hydrogen (secondary N) is 1. The lowest BCUT2D eigenvalue weighted by atomic mass is 10.2. The van der Waals surface area contributed by atoms with E-state index in [-0.39, 0.29) is 12.5 Å². The van der Waals surface area contributed by atoms with E-state index >= 15 is 0 Å². The van der Waals surface area contributed by atoms with Crippen LogP contribution in [0, 0.1) is 0 Å². The van der Waals surface area contributed by atoms with E-state index in [1.807, 2.05) is 6.26 Å². The minimum absolute atomic E-state index is 0.00701. The number of thioether (sulfide) groups is 1. The van der Waals surface area contributed by atoms with Gasteiger partial charge in [0.25, 0.3) is 0 Å². The molecule has 0 unspecified atom stereocenters. The number of hydrogen-bond donors (Lipinski definition) is 2. The summed E-state index contributed by atoms with van der Waals surface area (Å²) in [4.78, 5) is 32.4. The van der Waals surface area contributed by atoms with E-state index < -0.39 is 12.0 Å². The van der Waals surface area contributed by atoms with Crippen molar-refractivity contribution in [2.75, 3.05) is 30.5 Å². The van der Waals surface area contributed by atoms with Crippen LogP contribution in [0.25, 0.3) is 0 Å². The van der Waals surface area contributed by atoms with Crippen LogP contribution in [0.4, 0.5) is 5.95 Å². The molecule has 0 saturated carbocycles. The molecule has 1 heterocycles. The van der Waals surface area contributed by atoms with Crippen LogP contribution < -0.4 is 10.2 Å². The summed E-state index contributed by atoms with van der Waals surface area (Å²) < 4.78 is 0. The Morgan fingerprint density at radius 1 is 1.45 bits per heavy atom. The highest BCUT2D eigenvalue weighted by Gasteiger charge is 2.20. The number of anilines is 1. The summed E-state index contributed by atoms with van der Waals surface area (Å²) in [5.74, 6) is -0.298. The predicted octanol–water partition coefficient (Wildman–Crippen LogP) is 0.235. The lowest BCUT2D eigenvalue weighted by Gasteiger charge is -2.18. The van der Waals surface area contributed by atoms with Crippen LogP contribution in [-0.4, -0.2) is 58.6 Å². The minimum Gasteiger partial charge on any atom is -0.480 e. The van der Waals surface area contributed by atoms with Crippen LogP contribution in [0.3, 0.4) is 0 Å². The first-order valence-electron chi connectivity index (χ1n) is 6.04. The second-order valence-corrected chi connectivity index (χ2v) is 5.13. The zero-order valence-electron chi connectivity index (χ0n) is 11.4. The third kappa shape index (κ3) is 5.43. The van der Waals surface area contributed by atoms with Crippen LogP contribution in [-0.2, 0) is 9.59 Å². The number of likely N-dealkylation sites (N-methyl/N-ethyl adjacent to an activating group) is 1. The van der Waals surface area contributed by atoms with Gasteiger partial charge in [-0.1, -0.05) is 0 Å². The SMILES string of the molecule is CSCC[C@@H](NC(=O)CN(C)c1ncccn1)C(=O)O. The van der Waals surface area contributed by atoms with Gasteiger partial charge < -0.3 is 15.3 Å². The topological polar surface area (TPSA) is 95.4 Å². The van der Waals surface area contributed by atoms with Gasteiger partial charge in [0, 0.05) is 19.4 Å². The first-order valence-corrected chi connectivity index (χ1v) is 7.43. The van der Waals surface area contributed by atoms with Crippen LogP contribution in [0.5, 0.6) is 0 Å². The molecule has 110 valence electrons. The molecule has 1 rings (SSSR count). The number of carbonyl (C=O) groups excluding carboxylic acids is 1. The van der Waals surface area contributed by atoms with Crippen molar-refractivity contribution in [1.29, 1.82) is 0 Å². The van der Waals surface area contributed by atoms with Gasteiger partial charge in [0.2, 0.25) is 11.9 Å². The van der Waals surface area contributed by atoms with Crippen LogP contribution >= 0.6 is 11.8 Å². The highest BCUT2D eigenvalue weighted by atomic mass is 32.2. The summed E-state index contributed by atoms with van der Waals surface area (Å²) in [6.45, 7) is 0.00701. The molecule has 1 atom stereocenters. The summed E-state index contributed by atoms with van der Waals surface area (Å²) >= 11 is 1.54. The molecule has 0 fully saturated rings. The Kier molecular flexibility index (Phi) is 6.78. The van der Waals surface area contributed by atoms with E-state index in [0.717, 1.165) is 0 Å². The molecule has 0 saturated heterocycles. The Labute approximate surface area is 121 Å². The average molecular weight is 298 g/mol. The number of aliphatic carboxylic acids is 1. The van der Waals surface area contributed by atoms with Gasteiger partial charge in [0.05, 0.1) is 6.54 Å². The van der Waals surface area contributed by atoms with E-state index in [0.29, 0.717) is 18.1 Å². The summed E-state index contributed by atoms with van der Waals surface area (Å²) in [6.07, 6.45) is 5.44. The zero-order chi connectivity index (χ0) is 15.0. The van der Waals surface area contributed by atoms with Gasteiger partial charge in [-0.15, -0.1) is 0 Å². The van der Waals surface area contributed by atoms with Gasteiger partial charge in [0.15, 0.2) is 0 Å². The molecule has 0 spiro atoms. The van der Waals surface area contributed by atoms with E-state index in [1.165, 1.54) is 0 Å². The van der Waals surface area contributed by atoms with Gasteiger partial charge in [-0.25, -0.2) is 14.8 Å². The number of carbonyl (C=O) groups is 2. The summed E-state index contributed by atoms with van der Waals surface area (Å²) in [6, 6.07) is 0.820. The zero-order valence-corrected chi connectivity index (χ0v) is 12.3. The number of nitrogens with zero attached hydrogens (tertiary/aromatic N) is 3. The Morgan fingerprint density at radius 2 is 2.10 bits per heavy atom. The normalized spacial score (nSPS) is 11.7. The number of rotatable bonds is 8. The molecule has 1 amide bonds. The number of carboxylic acid groups (broad SMARTS) is 1. The highest BCUT2D eigenvalue weighted by molar-refractivity contribution is 7.98. The van der Waals surface area contributed by atoms with Gasteiger partial charge in [-0.05, 0) is 24.5 Å². The quantitative estimate of drug-likeness (QED) is 0.709. The van der Waals surface area contributed by atoms with Crippen molar-refractivity contribution in [3.63, 3.8) is 0 Å². The fraction of sp³-hybridized carbons (Fsp3) is 0.500. The van der Waals surface area contributed by atoms with Crippen molar-refractivity contribution < 1.29 is 14.7 Å². The van der Waals surface area contributed by atoms with E-state index in [1.54, 1.807) is 42.2 Å². The average Bonchev–Trinajstić information content (AvgIpc) is 2.44. The van der Waals surface area contributed by atoms with Gasteiger partial charge in [0.1, 0.15) is 6.04 Å². The molecule has 0 aliphatic rings. The molecule has 1 aromatic heterocycles. The Hall–Kier alpha value is -1.83. The van der Waals surface area contributed by atoms with Crippen molar-refractivity contribution in [1.82, 2.24) is 15.3 Å². The van der Waals surface area contributed by atoms with E-state index in [4.69, 9.17) is 5.11 Å². The molecule has 2 N–H and O–H groups in total. The molecular formula is C12H18N4O3S. The molecule has 0 aliphatic carbocycles. The third-order valence-electron chi connectivity index (χ3n) is 2.52. The van der Waals surface area contributed by atoms with Crippen LogP contribution in [0.1, 0.15) is 6.42 Å². The number of hydrogen-bond acceptors (Lipinski definition) is 6. The fourth-order valence-electron chi connectivity index (χ4n) is 1.51. The van der Waals surface area contributed by atoms with Gasteiger partial charge in [-0.3, -0.25) is 4.79 Å². The Bertz CT molecular complexity index is 444. The second kappa shape index (κ2) is 8.36. The largest absolute Gasteiger partial charge is 0.480 e. The molecular weight excluding hydrogens is 280 g/mol. The summed E-state index contributed by atoms with van der Waals surface area (Å²) in [5, 5.41) is 11.5. The van der Waals surface area contributed by atoms with E-state index in [9.17, 15) is 9.59 Å². The number of amides is 1. The lowest BCUT2D eigenvalue weighted by Crippen LogP contribution is -2.45. The van der Waals surface area contributed by atoms with Crippen molar-refractivity contribution in [3.8, 4) is 0 Å². The van der Waals surface area contributed by atoms with Crippen molar-refractivity contribution in [3.05, 3.63) is 18.5 Å². The summed E-state index contributed by atoms with van der Waals surface area (Å²) in [5.41, 5.74) is 0. The molecule has 0 bridgehead atoms. The van der Waals surface area contributed by atoms with Gasteiger partial charge >= 0.3 is 5.97 Å². The first kappa shape index (κ1) is 16.2. The van der Waals surface area contributed by atoms with E-state index in [2.05, 4.69) is 15.3 Å². The lowest BCUT2D eigenvalue weighted by molar-refractivity contribution is -0.141. The molecule has 8 heteroatoms. The monoisotopic (exact) mass is 298 g/mol. The second-order valence-electron chi connectivity index (χ2n) is 4.14. The van der Waals surface area contributed by atoms with Crippen molar-refractivity contribution in [2.45, 2.75) is 12.5 Å². The van der Waals surface area contributed by atoms with Crippen LogP contribution in [0.15, 0.2) is 18.5 Å². The Morgan fingerprint density at radius 3 is 2.65 bits per heavy atom. The fourth-order valence-corrected chi connectivity index (χ4v) is 1.98. The maximum atomic E-state index is 11.8. The number of aromatic nitrogens is 2. The third-order valence-corrected chi connectivity index (χ3v) is 3.16. The highest BCUT2D eigenvalue weighted by Crippen LogP contribution is 2.03. The predicted molar refractivity (Wildman–Crippen MR) is 77.9 cm³/mol. The molecule has 1 aromatic rings. The first-order chi connectivity index (χ1) is 9.54. The summed E-state index contributed by atoms with van der Waals surface area (Å²) in [7, 11) is 1.67. The molecule has 20 heavy (non-hydrogen) atoms. The standard InChI is InChI=1S/C12H18N4O3S/c1-16(12-13-5-3-6-14-12)8-10(17)15-9(11(18)19)4-7-20-2/h3,5-6,9H,4,7-8H2,1-2H3,(H,15,17)(H,18,19)/t9-/m1/s1. The van der Waals surface area contributed by atoms with Crippen molar-refractivity contribution >= 4 is 29.6 Å². The minimum atomic E-state index is -1.02. The number of carboxylic acids is 1. The molecule has 7 nitrogen and oxygen atoms in total. The maximum absolute atomic E-state index is 11.8. The smallest absolute Gasteiger partial charge is 0.326 e. The molecule has 0 aromatic carbocycles.